The molecule has 2 atom stereocenters. The fourth-order valence-corrected chi connectivity index (χ4v) is 1.14. The molecule has 0 unspecified atom stereocenters. The lowest BCUT2D eigenvalue weighted by Gasteiger charge is -2.25. The van der Waals surface area contributed by atoms with Crippen molar-refractivity contribution in [3.8, 4) is 0 Å². The van der Waals surface area contributed by atoms with E-state index in [0.29, 0.717) is 0 Å². The first-order valence-corrected chi connectivity index (χ1v) is 3.67. The van der Waals surface area contributed by atoms with E-state index in [2.05, 4.69) is 4.99 Å². The Balaban J connectivity index is 2.85. The Morgan fingerprint density at radius 2 is 2.08 bits per heavy atom. The average molecular weight is 185 g/mol. The van der Waals surface area contributed by atoms with Crippen LogP contribution in [0.5, 0.6) is 0 Å². The predicted octanol–water partition coefficient (Wildman–Crippen LogP) is -3.55. The molecule has 0 fully saturated rings. The highest BCUT2D eigenvalue weighted by Crippen LogP contribution is 2.13. The molecule has 1 N–H and O–H groups in total. The van der Waals surface area contributed by atoms with Gasteiger partial charge >= 0.3 is 0 Å². The van der Waals surface area contributed by atoms with E-state index in [1.54, 1.807) is 0 Å². The Morgan fingerprint density at radius 1 is 1.46 bits per heavy atom. The summed E-state index contributed by atoms with van der Waals surface area (Å²) in [7, 11) is 0. The molecular formula is C7H7NO5-2. The number of aliphatic hydroxyl groups excluding tert-OH is 1. The van der Waals surface area contributed by atoms with Gasteiger partial charge < -0.3 is 24.9 Å². The fourth-order valence-electron chi connectivity index (χ4n) is 1.14. The minimum Gasteiger partial charge on any atom is -0.548 e. The first kappa shape index (κ1) is 9.66. The average Bonchev–Trinajstić information content (AvgIpc) is 2.03. The molecule has 1 rings (SSSR count). The summed E-state index contributed by atoms with van der Waals surface area (Å²) in [6, 6.07) is -1.28. The van der Waals surface area contributed by atoms with E-state index in [0.717, 1.165) is 0 Å². The van der Waals surface area contributed by atoms with Gasteiger partial charge in [0.2, 0.25) is 0 Å². The third kappa shape index (κ3) is 2.25. The van der Waals surface area contributed by atoms with Crippen LogP contribution < -0.4 is 10.2 Å². The van der Waals surface area contributed by atoms with Gasteiger partial charge in [-0.25, -0.2) is 0 Å². The number of carbonyl (C=O) groups excluding carboxylic acids is 2. The highest BCUT2D eigenvalue weighted by Gasteiger charge is 2.23. The molecule has 1 aliphatic rings. The molecule has 0 bridgehead atoms. The summed E-state index contributed by atoms with van der Waals surface area (Å²) >= 11 is 0. The van der Waals surface area contributed by atoms with Crippen molar-refractivity contribution in [3.63, 3.8) is 0 Å². The van der Waals surface area contributed by atoms with Crippen molar-refractivity contribution in [2.75, 3.05) is 0 Å². The van der Waals surface area contributed by atoms with Crippen LogP contribution in [-0.2, 0) is 9.59 Å². The van der Waals surface area contributed by atoms with Gasteiger partial charge in [-0.2, -0.15) is 0 Å². The fraction of sp³-hybridized carbons (Fsp3) is 0.571. The number of carboxylic acid groups (broad SMARTS) is 2. The van der Waals surface area contributed by atoms with E-state index < -0.39 is 29.8 Å². The van der Waals surface area contributed by atoms with Crippen LogP contribution in [-0.4, -0.2) is 34.9 Å². The highest BCUT2D eigenvalue weighted by molar-refractivity contribution is 6.35. The van der Waals surface area contributed by atoms with Gasteiger partial charge in [0, 0.05) is 12.8 Å². The molecule has 0 aliphatic carbocycles. The van der Waals surface area contributed by atoms with Crippen molar-refractivity contribution in [2.24, 2.45) is 4.99 Å². The molecule has 1 heterocycles. The van der Waals surface area contributed by atoms with Gasteiger partial charge in [0.25, 0.3) is 0 Å². The number of aliphatic carboxylic acids is 2. The first-order chi connectivity index (χ1) is 6.00. The van der Waals surface area contributed by atoms with Crippen LogP contribution in [0.2, 0.25) is 0 Å². The molecule has 72 valence electrons. The van der Waals surface area contributed by atoms with Crippen molar-refractivity contribution < 1.29 is 24.9 Å². The van der Waals surface area contributed by atoms with Crippen LogP contribution in [0.1, 0.15) is 12.8 Å². The number of hydrogen-bond donors (Lipinski definition) is 1. The third-order valence-electron chi connectivity index (χ3n) is 1.74. The molecule has 0 radical (unpaired) electrons. The van der Waals surface area contributed by atoms with Crippen LogP contribution in [0.15, 0.2) is 4.99 Å². The molecule has 0 amide bonds. The van der Waals surface area contributed by atoms with Crippen molar-refractivity contribution >= 4 is 17.7 Å². The van der Waals surface area contributed by atoms with Crippen LogP contribution >= 0.6 is 0 Å². The normalized spacial score (nSPS) is 27.9. The summed E-state index contributed by atoms with van der Waals surface area (Å²) in [6.07, 6.45) is -1.29. The van der Waals surface area contributed by atoms with Gasteiger partial charge in [0.15, 0.2) is 0 Å². The molecule has 0 spiro atoms. The minimum absolute atomic E-state index is 0.112. The predicted molar refractivity (Wildman–Crippen MR) is 36.5 cm³/mol. The van der Waals surface area contributed by atoms with Crippen molar-refractivity contribution in [1.29, 1.82) is 0 Å². The zero-order chi connectivity index (χ0) is 10.0. The van der Waals surface area contributed by atoms with Gasteiger partial charge in [0.05, 0.1) is 29.8 Å². The Kier molecular flexibility index (Phi) is 2.62. The minimum atomic E-state index is -1.55. The van der Waals surface area contributed by atoms with E-state index in [1.807, 2.05) is 0 Å². The summed E-state index contributed by atoms with van der Waals surface area (Å²) < 4.78 is 0. The number of rotatable bonds is 2. The maximum Gasteiger partial charge on any atom is 0.0921 e. The largest absolute Gasteiger partial charge is 0.548 e. The maximum atomic E-state index is 10.3. The third-order valence-corrected chi connectivity index (χ3v) is 1.74. The summed E-state index contributed by atoms with van der Waals surface area (Å²) in [5.41, 5.74) is -0.423. The molecule has 13 heavy (non-hydrogen) atoms. The molecule has 6 nitrogen and oxygen atoms in total. The number of nitrogens with zero attached hydrogens (tertiary/aromatic N) is 1. The molecule has 0 aromatic heterocycles. The Hall–Kier alpha value is -1.43. The second kappa shape index (κ2) is 3.53. The first-order valence-electron chi connectivity index (χ1n) is 3.67. The lowest BCUT2D eigenvalue weighted by atomic mass is 10.00. The summed E-state index contributed by atoms with van der Waals surface area (Å²) in [5.74, 6) is -3.04. The number of carboxylic acids is 2. The molecular weight excluding hydrogens is 178 g/mol. The van der Waals surface area contributed by atoms with Crippen LogP contribution in [0, 0.1) is 0 Å². The zero-order valence-electron chi connectivity index (χ0n) is 6.60. The number of hydrogen-bond acceptors (Lipinski definition) is 6. The van der Waals surface area contributed by atoms with Crippen molar-refractivity contribution in [3.05, 3.63) is 0 Å². The Morgan fingerprint density at radius 3 is 2.54 bits per heavy atom. The Labute approximate surface area is 73.5 Å². The van der Waals surface area contributed by atoms with E-state index in [-0.39, 0.29) is 12.8 Å². The quantitative estimate of drug-likeness (QED) is 0.478. The van der Waals surface area contributed by atoms with Crippen LogP contribution in [0.4, 0.5) is 0 Å². The van der Waals surface area contributed by atoms with Crippen molar-refractivity contribution in [1.82, 2.24) is 0 Å². The summed E-state index contributed by atoms with van der Waals surface area (Å²) in [6.45, 7) is 0. The van der Waals surface area contributed by atoms with E-state index in [9.17, 15) is 19.8 Å². The zero-order valence-corrected chi connectivity index (χ0v) is 6.60. The van der Waals surface area contributed by atoms with Gasteiger partial charge in [-0.15, -0.1) is 0 Å². The second-order valence-electron chi connectivity index (χ2n) is 2.79. The molecule has 6 heteroatoms. The molecule has 0 saturated heterocycles. The van der Waals surface area contributed by atoms with Gasteiger partial charge in [-0.1, -0.05) is 0 Å². The van der Waals surface area contributed by atoms with E-state index in [4.69, 9.17) is 5.11 Å². The molecule has 0 aromatic rings. The summed E-state index contributed by atoms with van der Waals surface area (Å²) in [5, 5.41) is 29.7. The lowest BCUT2D eigenvalue weighted by Crippen LogP contribution is -2.44. The SMILES string of the molecule is O=C([O-])C1=N[C@H](C(=O)[O-])C[C@H](O)C1. The van der Waals surface area contributed by atoms with Gasteiger partial charge in [0.1, 0.15) is 0 Å². The molecule has 1 aliphatic heterocycles. The van der Waals surface area contributed by atoms with Gasteiger partial charge in [-0.05, 0) is 0 Å². The smallest absolute Gasteiger partial charge is 0.0921 e. The number of aliphatic imine (C=N–C) groups is 1. The standard InChI is InChI=1S/C7H9NO5/c9-3-1-4(6(10)11)8-5(2-3)7(12)13/h3-4,9H,1-2H2,(H,10,11)(H,12,13)/p-2/t3-,4-/m0/s1. The number of carbonyl (C=O) groups is 2. The Bertz CT molecular complexity index is 272. The topological polar surface area (TPSA) is 113 Å². The van der Waals surface area contributed by atoms with E-state index >= 15 is 0 Å². The van der Waals surface area contributed by atoms with E-state index in [1.165, 1.54) is 0 Å². The molecule has 0 saturated carbocycles. The molecule has 0 aromatic carbocycles. The second-order valence-corrected chi connectivity index (χ2v) is 2.79. The van der Waals surface area contributed by atoms with Crippen molar-refractivity contribution in [2.45, 2.75) is 25.0 Å². The number of aliphatic hydroxyl groups is 1. The van der Waals surface area contributed by atoms with Gasteiger partial charge in [-0.3, -0.25) is 4.99 Å². The monoisotopic (exact) mass is 185 g/mol. The van der Waals surface area contributed by atoms with Crippen LogP contribution in [0.25, 0.3) is 0 Å². The highest BCUT2D eigenvalue weighted by atomic mass is 16.4. The maximum absolute atomic E-state index is 10.3. The van der Waals surface area contributed by atoms with Crippen LogP contribution in [0.3, 0.4) is 0 Å². The summed E-state index contributed by atoms with van der Waals surface area (Å²) in [4.78, 5) is 24.0. The lowest BCUT2D eigenvalue weighted by molar-refractivity contribution is -0.308.